The Morgan fingerprint density at radius 2 is 2.04 bits per heavy atom. The number of amides is 1. The van der Waals surface area contributed by atoms with Crippen molar-refractivity contribution in [3.8, 4) is 0 Å². The maximum atomic E-state index is 12.4. The van der Waals surface area contributed by atoms with Crippen molar-refractivity contribution in [1.82, 2.24) is 14.7 Å². The number of aromatic nitrogens is 2. The fraction of sp³-hybridized carbons (Fsp3) is 0.381. The lowest BCUT2D eigenvalue weighted by Gasteiger charge is -2.25. The third kappa shape index (κ3) is 5.06. The summed E-state index contributed by atoms with van der Waals surface area (Å²) >= 11 is 0. The van der Waals surface area contributed by atoms with Gasteiger partial charge in [-0.2, -0.15) is 5.10 Å². The number of benzene rings is 1. The average molecular weight is 366 g/mol. The molecule has 6 nitrogen and oxygen atoms in total. The second kappa shape index (κ2) is 8.66. The summed E-state index contributed by atoms with van der Waals surface area (Å²) in [7, 11) is 1.94. The number of hydrogen-bond acceptors (Lipinski definition) is 4. The minimum Gasteiger partial charge on any atom is -0.373 e. The third-order valence-electron chi connectivity index (χ3n) is 4.95. The van der Waals surface area contributed by atoms with Crippen molar-refractivity contribution >= 4 is 11.6 Å². The Balaban J connectivity index is 1.59. The maximum Gasteiger partial charge on any atom is 0.269 e. The van der Waals surface area contributed by atoms with Crippen molar-refractivity contribution < 1.29 is 4.79 Å². The van der Waals surface area contributed by atoms with Crippen molar-refractivity contribution in [1.29, 1.82) is 0 Å². The molecule has 1 aliphatic heterocycles. The van der Waals surface area contributed by atoms with Crippen molar-refractivity contribution in [3.05, 3.63) is 70.2 Å². The van der Waals surface area contributed by atoms with E-state index < -0.39 is 0 Å². The predicted molar refractivity (Wildman–Crippen MR) is 107 cm³/mol. The topological polar surface area (TPSA) is 58.4 Å². The number of hydrogen-bond donors (Lipinski definition) is 0. The Morgan fingerprint density at radius 3 is 2.70 bits per heavy atom. The highest BCUT2D eigenvalue weighted by Gasteiger charge is 2.17. The van der Waals surface area contributed by atoms with Gasteiger partial charge < -0.3 is 9.80 Å². The van der Waals surface area contributed by atoms with E-state index in [2.05, 4.69) is 30.2 Å². The molecule has 1 aliphatic rings. The SMILES string of the molecule is CC1=CCN(C(=O)Cn2ncc(N(C)CCc3ccccc3)cc2=O)CC1. The average Bonchev–Trinajstić information content (AvgIpc) is 2.69. The number of carbonyl (C=O) groups excluding carboxylic acids is 1. The molecule has 0 spiro atoms. The molecule has 6 heteroatoms. The van der Waals surface area contributed by atoms with Crippen LogP contribution in [0.3, 0.4) is 0 Å². The number of carbonyl (C=O) groups is 1. The van der Waals surface area contributed by atoms with Gasteiger partial charge in [-0.05, 0) is 25.3 Å². The summed E-state index contributed by atoms with van der Waals surface area (Å²) in [6.45, 7) is 4.16. The van der Waals surface area contributed by atoms with Gasteiger partial charge in [0.2, 0.25) is 5.91 Å². The van der Waals surface area contributed by atoms with E-state index in [4.69, 9.17) is 0 Å². The van der Waals surface area contributed by atoms with Crippen LogP contribution in [-0.4, -0.2) is 47.3 Å². The zero-order valence-electron chi connectivity index (χ0n) is 16.0. The Bertz CT molecular complexity index is 873. The molecule has 0 saturated carbocycles. The number of likely N-dealkylation sites (N-methyl/N-ethyl adjacent to an activating group) is 1. The second-order valence-corrected chi connectivity index (χ2v) is 7.01. The van der Waals surface area contributed by atoms with Crippen LogP contribution >= 0.6 is 0 Å². The van der Waals surface area contributed by atoms with Gasteiger partial charge in [0.1, 0.15) is 6.54 Å². The predicted octanol–water partition coefficient (Wildman–Crippen LogP) is 2.10. The zero-order valence-corrected chi connectivity index (χ0v) is 16.0. The molecule has 1 aromatic carbocycles. The Labute approximate surface area is 159 Å². The Hall–Kier alpha value is -2.89. The van der Waals surface area contributed by atoms with E-state index in [1.807, 2.05) is 30.1 Å². The minimum absolute atomic E-state index is 0.0142. The van der Waals surface area contributed by atoms with E-state index in [1.165, 1.54) is 15.8 Å². The fourth-order valence-electron chi connectivity index (χ4n) is 3.05. The quantitative estimate of drug-likeness (QED) is 0.735. The third-order valence-corrected chi connectivity index (χ3v) is 4.95. The zero-order chi connectivity index (χ0) is 19.2. The monoisotopic (exact) mass is 366 g/mol. The van der Waals surface area contributed by atoms with Crippen molar-refractivity contribution in [2.75, 3.05) is 31.6 Å². The van der Waals surface area contributed by atoms with Crippen LogP contribution in [0.5, 0.6) is 0 Å². The van der Waals surface area contributed by atoms with Crippen LogP contribution in [0.2, 0.25) is 0 Å². The van der Waals surface area contributed by atoms with Crippen LogP contribution in [0.1, 0.15) is 18.9 Å². The smallest absolute Gasteiger partial charge is 0.269 e. The summed E-state index contributed by atoms with van der Waals surface area (Å²) in [4.78, 5) is 28.5. The van der Waals surface area contributed by atoms with E-state index in [9.17, 15) is 9.59 Å². The summed E-state index contributed by atoms with van der Waals surface area (Å²) < 4.78 is 1.24. The highest BCUT2D eigenvalue weighted by Crippen LogP contribution is 2.11. The molecule has 0 atom stereocenters. The molecular weight excluding hydrogens is 340 g/mol. The van der Waals surface area contributed by atoms with E-state index in [1.54, 1.807) is 17.2 Å². The van der Waals surface area contributed by atoms with Gasteiger partial charge in [-0.15, -0.1) is 0 Å². The van der Waals surface area contributed by atoms with Gasteiger partial charge in [0.05, 0.1) is 11.9 Å². The van der Waals surface area contributed by atoms with E-state index in [0.717, 1.165) is 25.1 Å². The molecule has 2 heterocycles. The standard InChI is InChI=1S/C21H26N4O2/c1-17-8-12-24(13-9-17)21(27)16-25-20(26)14-19(15-22-25)23(2)11-10-18-6-4-3-5-7-18/h3-8,14-15H,9-13,16H2,1-2H3. The number of rotatable bonds is 6. The van der Waals surface area contributed by atoms with E-state index >= 15 is 0 Å². The van der Waals surface area contributed by atoms with Crippen molar-refractivity contribution in [3.63, 3.8) is 0 Å². The van der Waals surface area contributed by atoms with Crippen LogP contribution in [0, 0.1) is 0 Å². The van der Waals surface area contributed by atoms with Gasteiger partial charge in [-0.3, -0.25) is 9.59 Å². The Morgan fingerprint density at radius 1 is 1.26 bits per heavy atom. The van der Waals surface area contributed by atoms with Crippen LogP contribution in [0.4, 0.5) is 5.69 Å². The van der Waals surface area contributed by atoms with Crippen molar-refractivity contribution in [2.24, 2.45) is 0 Å². The first-order valence-corrected chi connectivity index (χ1v) is 9.28. The molecule has 0 fully saturated rings. The second-order valence-electron chi connectivity index (χ2n) is 7.01. The van der Waals surface area contributed by atoms with Gasteiger partial charge in [-0.1, -0.05) is 42.0 Å². The molecule has 3 rings (SSSR count). The highest BCUT2D eigenvalue weighted by atomic mass is 16.2. The van der Waals surface area contributed by atoms with E-state index in [0.29, 0.717) is 13.1 Å². The molecule has 1 amide bonds. The van der Waals surface area contributed by atoms with Gasteiger partial charge in [0.25, 0.3) is 5.56 Å². The summed E-state index contributed by atoms with van der Waals surface area (Å²) in [5.41, 5.74) is 3.06. The van der Waals surface area contributed by atoms with Gasteiger partial charge in [-0.25, -0.2) is 4.68 Å². The lowest BCUT2D eigenvalue weighted by atomic mass is 10.1. The van der Waals surface area contributed by atoms with Crippen LogP contribution < -0.4 is 10.5 Å². The van der Waals surface area contributed by atoms with Gasteiger partial charge in [0, 0.05) is 32.7 Å². The summed E-state index contributed by atoms with van der Waals surface area (Å²) in [6, 6.07) is 11.8. The summed E-state index contributed by atoms with van der Waals surface area (Å²) in [5.74, 6) is -0.0708. The highest BCUT2D eigenvalue weighted by molar-refractivity contribution is 5.76. The first-order chi connectivity index (χ1) is 13.0. The van der Waals surface area contributed by atoms with Crippen molar-refractivity contribution in [2.45, 2.75) is 26.3 Å². The first-order valence-electron chi connectivity index (χ1n) is 9.28. The number of anilines is 1. The molecule has 0 radical (unpaired) electrons. The molecule has 0 bridgehead atoms. The molecular formula is C21H26N4O2. The van der Waals surface area contributed by atoms with Crippen LogP contribution in [0.15, 0.2) is 59.0 Å². The fourth-order valence-corrected chi connectivity index (χ4v) is 3.05. The summed E-state index contributed by atoms with van der Waals surface area (Å²) in [5, 5.41) is 4.20. The van der Waals surface area contributed by atoms with Gasteiger partial charge in [0.15, 0.2) is 0 Å². The van der Waals surface area contributed by atoms with Crippen LogP contribution in [-0.2, 0) is 17.8 Å². The maximum absolute atomic E-state index is 12.4. The van der Waals surface area contributed by atoms with E-state index in [-0.39, 0.29) is 18.0 Å². The normalized spacial score (nSPS) is 14.0. The molecule has 0 unspecified atom stereocenters. The molecule has 0 N–H and O–H groups in total. The Kier molecular flexibility index (Phi) is 6.06. The lowest BCUT2D eigenvalue weighted by molar-refractivity contribution is -0.131. The largest absolute Gasteiger partial charge is 0.373 e. The molecule has 27 heavy (non-hydrogen) atoms. The first kappa shape index (κ1) is 18.9. The lowest BCUT2D eigenvalue weighted by Crippen LogP contribution is -2.39. The van der Waals surface area contributed by atoms with Crippen LogP contribution in [0.25, 0.3) is 0 Å². The molecule has 2 aromatic rings. The summed E-state index contributed by atoms with van der Waals surface area (Å²) in [6.07, 6.45) is 5.49. The van der Waals surface area contributed by atoms with Gasteiger partial charge >= 0.3 is 0 Å². The minimum atomic E-state index is -0.254. The molecule has 0 saturated heterocycles. The molecule has 1 aromatic heterocycles. The molecule has 142 valence electrons. The molecule has 0 aliphatic carbocycles. The number of nitrogens with zero attached hydrogens (tertiary/aromatic N) is 4.